The molecule has 1 amide bonds. The molecular weight excluding hydrogens is 468 g/mol. The van der Waals surface area contributed by atoms with E-state index in [4.69, 9.17) is 9.72 Å². The lowest BCUT2D eigenvalue weighted by Crippen LogP contribution is -2.34. The zero-order valence-electron chi connectivity index (χ0n) is 20.4. The van der Waals surface area contributed by atoms with E-state index in [0.717, 1.165) is 49.1 Å². The van der Waals surface area contributed by atoms with Crippen molar-refractivity contribution in [2.24, 2.45) is 5.92 Å². The van der Waals surface area contributed by atoms with E-state index in [-0.39, 0.29) is 18.2 Å². The van der Waals surface area contributed by atoms with Crippen LogP contribution in [0.2, 0.25) is 0 Å². The summed E-state index contributed by atoms with van der Waals surface area (Å²) in [7, 11) is 0. The van der Waals surface area contributed by atoms with Gasteiger partial charge in [0.05, 0.1) is 4.92 Å². The van der Waals surface area contributed by atoms with Gasteiger partial charge in [-0.1, -0.05) is 42.5 Å². The molecule has 3 aromatic carbocycles. The summed E-state index contributed by atoms with van der Waals surface area (Å²) in [4.78, 5) is 30.0. The molecule has 1 aliphatic rings. The number of anilines is 2. The van der Waals surface area contributed by atoms with Crippen molar-refractivity contribution in [3.8, 4) is 5.75 Å². The van der Waals surface area contributed by atoms with E-state index in [0.29, 0.717) is 17.4 Å². The Morgan fingerprint density at radius 1 is 0.973 bits per heavy atom. The molecule has 0 spiro atoms. The van der Waals surface area contributed by atoms with E-state index >= 15 is 0 Å². The Balaban J connectivity index is 1.21. The first-order valence-electron chi connectivity index (χ1n) is 12.4. The van der Waals surface area contributed by atoms with E-state index in [1.165, 1.54) is 29.8 Å². The maximum atomic E-state index is 12.4. The molecule has 0 atom stereocenters. The Bertz CT molecular complexity index is 1380. The average Bonchev–Trinajstić information content (AvgIpc) is 2.93. The van der Waals surface area contributed by atoms with E-state index < -0.39 is 4.92 Å². The average molecular weight is 497 g/mol. The Morgan fingerprint density at radius 2 is 1.73 bits per heavy atom. The van der Waals surface area contributed by atoms with Crippen LogP contribution in [0.15, 0.2) is 84.9 Å². The summed E-state index contributed by atoms with van der Waals surface area (Å²) in [6.45, 7) is 1.71. The minimum Gasteiger partial charge on any atom is -0.481 e. The van der Waals surface area contributed by atoms with Gasteiger partial charge in [0.15, 0.2) is 6.61 Å². The van der Waals surface area contributed by atoms with Gasteiger partial charge in [-0.05, 0) is 61.1 Å². The van der Waals surface area contributed by atoms with Gasteiger partial charge in [0, 0.05) is 36.3 Å². The first-order valence-corrected chi connectivity index (χ1v) is 12.4. The number of hydrogen-bond donors (Lipinski definition) is 1. The number of hydrogen-bond acceptors (Lipinski definition) is 6. The second-order valence-electron chi connectivity index (χ2n) is 9.26. The largest absolute Gasteiger partial charge is 0.481 e. The summed E-state index contributed by atoms with van der Waals surface area (Å²) >= 11 is 0. The van der Waals surface area contributed by atoms with E-state index in [1.54, 1.807) is 0 Å². The number of fused-ring (bicyclic) bond motifs is 1. The van der Waals surface area contributed by atoms with Gasteiger partial charge in [0.1, 0.15) is 17.1 Å². The summed E-state index contributed by atoms with van der Waals surface area (Å²) < 4.78 is 5.84. The van der Waals surface area contributed by atoms with Crippen LogP contribution in [0.1, 0.15) is 18.4 Å². The van der Waals surface area contributed by atoms with Crippen molar-refractivity contribution in [3.05, 3.63) is 101 Å². The number of ether oxygens (including phenoxy) is 1. The number of carbonyl (C=O) groups is 1. The highest BCUT2D eigenvalue weighted by Gasteiger charge is 2.21. The minimum absolute atomic E-state index is 0.0349. The number of para-hydroxylation sites is 1. The predicted molar refractivity (Wildman–Crippen MR) is 144 cm³/mol. The molecule has 0 unspecified atom stereocenters. The molecule has 37 heavy (non-hydrogen) atoms. The number of pyridine rings is 1. The minimum atomic E-state index is -0.483. The smallest absolute Gasteiger partial charge is 0.269 e. The molecule has 5 rings (SSSR count). The lowest BCUT2D eigenvalue weighted by atomic mass is 9.90. The van der Waals surface area contributed by atoms with Crippen LogP contribution < -0.4 is 15.0 Å². The van der Waals surface area contributed by atoms with Gasteiger partial charge >= 0.3 is 0 Å². The van der Waals surface area contributed by atoms with Gasteiger partial charge in [0.2, 0.25) is 0 Å². The number of amides is 1. The number of benzene rings is 3. The molecule has 1 fully saturated rings. The molecule has 8 nitrogen and oxygen atoms in total. The van der Waals surface area contributed by atoms with Crippen molar-refractivity contribution in [1.29, 1.82) is 0 Å². The molecule has 1 N–H and O–H groups in total. The molecule has 1 aliphatic heterocycles. The number of rotatable bonds is 8. The van der Waals surface area contributed by atoms with Gasteiger partial charge in [-0.15, -0.1) is 0 Å². The molecule has 8 heteroatoms. The van der Waals surface area contributed by atoms with Crippen molar-refractivity contribution < 1.29 is 14.5 Å². The summed E-state index contributed by atoms with van der Waals surface area (Å²) in [5.74, 6) is 1.77. The van der Waals surface area contributed by atoms with Crippen LogP contribution in [0.5, 0.6) is 5.75 Å². The number of nitrogens with zero attached hydrogens (tertiary/aromatic N) is 3. The zero-order valence-corrected chi connectivity index (χ0v) is 20.4. The van der Waals surface area contributed by atoms with Gasteiger partial charge in [0.25, 0.3) is 11.6 Å². The van der Waals surface area contributed by atoms with Crippen LogP contribution in [0.25, 0.3) is 10.9 Å². The van der Waals surface area contributed by atoms with Crippen molar-refractivity contribution >= 4 is 34.0 Å². The summed E-state index contributed by atoms with van der Waals surface area (Å²) in [6.07, 6.45) is 3.35. The molecular formula is C29H28N4O4. The van der Waals surface area contributed by atoms with E-state index in [1.807, 2.05) is 30.3 Å². The fraction of sp³-hybridized carbons (Fsp3) is 0.241. The quantitative estimate of drug-likeness (QED) is 0.251. The molecule has 1 saturated heterocycles. The number of nitro groups is 1. The molecule has 4 aromatic rings. The van der Waals surface area contributed by atoms with Crippen LogP contribution >= 0.6 is 0 Å². The third-order valence-corrected chi connectivity index (χ3v) is 6.69. The van der Waals surface area contributed by atoms with E-state index in [2.05, 4.69) is 40.5 Å². The summed E-state index contributed by atoms with van der Waals surface area (Å²) in [6, 6.07) is 26.1. The fourth-order valence-corrected chi connectivity index (χ4v) is 4.72. The maximum absolute atomic E-state index is 12.4. The first-order chi connectivity index (χ1) is 18.0. The second-order valence-corrected chi connectivity index (χ2v) is 9.26. The molecule has 0 radical (unpaired) electrons. The normalized spacial score (nSPS) is 13.9. The van der Waals surface area contributed by atoms with Crippen LogP contribution in [-0.2, 0) is 11.2 Å². The molecule has 188 valence electrons. The number of piperidine rings is 1. The topological polar surface area (TPSA) is 97.6 Å². The molecule has 0 saturated carbocycles. The highest BCUT2D eigenvalue weighted by molar-refractivity contribution is 5.92. The standard InChI is InChI=1S/C29H28N4O4/c34-28(30-24-10-12-25(13-11-24)33(35)36)20-37-26-8-4-7-23-9-14-27(31-29(23)26)32-17-15-22(16-18-32)19-21-5-2-1-3-6-21/h1-14,22H,15-20H2,(H,30,34). The van der Waals surface area contributed by atoms with Crippen molar-refractivity contribution in [3.63, 3.8) is 0 Å². The SMILES string of the molecule is O=C(COc1cccc2ccc(N3CCC(Cc4ccccc4)CC3)nc12)Nc1ccc([N+](=O)[O-])cc1. The number of carbonyl (C=O) groups excluding carboxylic acids is 1. The van der Waals surface area contributed by atoms with Gasteiger partial charge in [-0.25, -0.2) is 4.98 Å². The number of nitrogens with one attached hydrogen (secondary N) is 1. The number of nitro benzene ring substituents is 1. The van der Waals surface area contributed by atoms with Crippen LogP contribution in [-0.4, -0.2) is 35.5 Å². The predicted octanol–water partition coefficient (Wildman–Crippen LogP) is 5.62. The Hall–Kier alpha value is -4.46. The third kappa shape index (κ3) is 6.03. The van der Waals surface area contributed by atoms with Crippen molar-refractivity contribution in [2.45, 2.75) is 19.3 Å². The Morgan fingerprint density at radius 3 is 2.46 bits per heavy atom. The van der Waals surface area contributed by atoms with Gasteiger partial charge in [-0.3, -0.25) is 14.9 Å². The summed E-state index contributed by atoms with van der Waals surface area (Å²) in [5.41, 5.74) is 2.54. The third-order valence-electron chi connectivity index (χ3n) is 6.69. The van der Waals surface area contributed by atoms with Crippen LogP contribution in [0.4, 0.5) is 17.2 Å². The van der Waals surface area contributed by atoms with Crippen LogP contribution in [0, 0.1) is 16.0 Å². The molecule has 1 aromatic heterocycles. The van der Waals surface area contributed by atoms with Crippen molar-refractivity contribution in [2.75, 3.05) is 29.9 Å². The van der Waals surface area contributed by atoms with E-state index in [9.17, 15) is 14.9 Å². The highest BCUT2D eigenvalue weighted by Crippen LogP contribution is 2.29. The maximum Gasteiger partial charge on any atom is 0.269 e. The monoisotopic (exact) mass is 496 g/mol. The number of aromatic nitrogens is 1. The van der Waals surface area contributed by atoms with Crippen LogP contribution in [0.3, 0.4) is 0 Å². The lowest BCUT2D eigenvalue weighted by Gasteiger charge is -2.33. The Kier molecular flexibility index (Phi) is 7.26. The van der Waals surface area contributed by atoms with Gasteiger partial charge < -0.3 is 15.0 Å². The molecule has 2 heterocycles. The van der Waals surface area contributed by atoms with Crippen molar-refractivity contribution in [1.82, 2.24) is 4.98 Å². The Labute approximate surface area is 215 Å². The molecule has 0 bridgehead atoms. The number of non-ortho nitro benzene ring substituents is 1. The zero-order chi connectivity index (χ0) is 25.6. The lowest BCUT2D eigenvalue weighted by molar-refractivity contribution is -0.384. The fourth-order valence-electron chi connectivity index (χ4n) is 4.72. The molecule has 0 aliphatic carbocycles. The first kappa shape index (κ1) is 24.2. The second kappa shape index (κ2) is 11.1. The van der Waals surface area contributed by atoms with Gasteiger partial charge in [-0.2, -0.15) is 0 Å². The summed E-state index contributed by atoms with van der Waals surface area (Å²) in [5, 5.41) is 14.4. The highest BCUT2D eigenvalue weighted by atomic mass is 16.6.